The van der Waals surface area contributed by atoms with Crippen LogP contribution >= 0.6 is 24.0 Å². The second-order valence-corrected chi connectivity index (χ2v) is 6.27. The number of carbonyl (C=O) groups excluding carboxylic acids is 1. The Morgan fingerprint density at radius 2 is 2.12 bits per heavy atom. The Hall–Kier alpha value is -1.51. The Morgan fingerprint density at radius 3 is 2.77 bits per heavy atom. The first-order valence-corrected chi connectivity index (χ1v) is 9.04. The van der Waals surface area contributed by atoms with Crippen LogP contribution < -0.4 is 10.2 Å². The molecular formula is C19H31IN4O2. The summed E-state index contributed by atoms with van der Waals surface area (Å²) < 4.78 is 5.17. The van der Waals surface area contributed by atoms with Crippen molar-refractivity contribution < 1.29 is 9.53 Å². The average molecular weight is 474 g/mol. The molecule has 1 aromatic rings. The molecule has 6 nitrogen and oxygen atoms in total. The number of rotatable bonds is 6. The number of esters is 1. The zero-order valence-electron chi connectivity index (χ0n) is 16.0. The molecule has 0 aliphatic carbocycles. The van der Waals surface area contributed by atoms with Gasteiger partial charge >= 0.3 is 5.97 Å². The summed E-state index contributed by atoms with van der Waals surface area (Å²) in [6.07, 6.45) is 1.87. The molecule has 1 N–H and O–H groups in total. The van der Waals surface area contributed by atoms with Gasteiger partial charge in [0.15, 0.2) is 5.96 Å². The summed E-state index contributed by atoms with van der Waals surface area (Å²) in [6, 6.07) is 10.3. The van der Waals surface area contributed by atoms with E-state index in [1.807, 2.05) is 25.1 Å². The number of ether oxygens (including phenoxy) is 1. The maximum atomic E-state index is 12.0. The molecule has 1 aliphatic heterocycles. The summed E-state index contributed by atoms with van der Waals surface area (Å²) in [5.74, 6) is 0.709. The highest BCUT2D eigenvalue weighted by Gasteiger charge is 2.28. The third-order valence-corrected chi connectivity index (χ3v) is 4.48. The van der Waals surface area contributed by atoms with Gasteiger partial charge in [-0.1, -0.05) is 18.2 Å². The van der Waals surface area contributed by atoms with Gasteiger partial charge in [0.2, 0.25) is 0 Å². The van der Waals surface area contributed by atoms with Gasteiger partial charge in [-0.05, 0) is 31.9 Å². The highest BCUT2D eigenvalue weighted by Crippen LogP contribution is 2.18. The summed E-state index contributed by atoms with van der Waals surface area (Å²) in [6.45, 7) is 5.55. The van der Waals surface area contributed by atoms with E-state index in [0.29, 0.717) is 13.2 Å². The summed E-state index contributed by atoms with van der Waals surface area (Å²) in [4.78, 5) is 20.7. The molecule has 0 radical (unpaired) electrons. The standard InChI is InChI=1S/C19H30N4O2.HI/c1-4-25-18(24)16-9-8-13-23(15-16)19(20-2)21-12-14-22(3)17-10-6-5-7-11-17;/h5-7,10-11,16H,4,8-9,12-15H2,1-3H3,(H,20,21);1H. The van der Waals surface area contributed by atoms with E-state index in [1.165, 1.54) is 5.69 Å². The van der Waals surface area contributed by atoms with Gasteiger partial charge in [-0.3, -0.25) is 9.79 Å². The van der Waals surface area contributed by atoms with Crippen molar-refractivity contribution in [2.45, 2.75) is 19.8 Å². The molecule has 0 saturated carbocycles. The zero-order chi connectivity index (χ0) is 18.1. The fourth-order valence-corrected chi connectivity index (χ4v) is 3.10. The average Bonchev–Trinajstić information content (AvgIpc) is 2.66. The smallest absolute Gasteiger partial charge is 0.310 e. The minimum absolute atomic E-state index is 0. The first-order valence-electron chi connectivity index (χ1n) is 9.04. The molecular weight excluding hydrogens is 443 g/mol. The highest BCUT2D eigenvalue weighted by molar-refractivity contribution is 14.0. The largest absolute Gasteiger partial charge is 0.466 e. The van der Waals surface area contributed by atoms with Crippen LogP contribution in [0, 0.1) is 5.92 Å². The van der Waals surface area contributed by atoms with Crippen LogP contribution in [0.15, 0.2) is 35.3 Å². The molecule has 1 saturated heterocycles. The Kier molecular flexibility index (Phi) is 10.4. The fraction of sp³-hybridized carbons (Fsp3) is 0.579. The predicted octanol–water partition coefficient (Wildman–Crippen LogP) is 2.59. The Morgan fingerprint density at radius 1 is 1.38 bits per heavy atom. The van der Waals surface area contributed by atoms with Crippen LogP contribution in [0.3, 0.4) is 0 Å². The zero-order valence-corrected chi connectivity index (χ0v) is 18.3. The van der Waals surface area contributed by atoms with Crippen molar-refractivity contribution >= 4 is 41.6 Å². The van der Waals surface area contributed by atoms with Crippen molar-refractivity contribution in [3.8, 4) is 0 Å². The number of aliphatic imine (C=N–C) groups is 1. The first kappa shape index (κ1) is 22.5. The number of carbonyl (C=O) groups is 1. The molecule has 0 aromatic heterocycles. The number of likely N-dealkylation sites (N-methyl/N-ethyl adjacent to an activating group) is 1. The quantitative estimate of drug-likeness (QED) is 0.297. The van der Waals surface area contributed by atoms with Crippen molar-refractivity contribution in [3.05, 3.63) is 30.3 Å². The van der Waals surface area contributed by atoms with E-state index in [1.54, 1.807) is 7.05 Å². The maximum Gasteiger partial charge on any atom is 0.310 e. The molecule has 0 amide bonds. The molecule has 1 heterocycles. The monoisotopic (exact) mass is 474 g/mol. The molecule has 1 fully saturated rings. The maximum absolute atomic E-state index is 12.0. The van der Waals surface area contributed by atoms with E-state index in [2.05, 4.69) is 39.3 Å². The van der Waals surface area contributed by atoms with E-state index in [-0.39, 0.29) is 35.9 Å². The molecule has 0 spiro atoms. The topological polar surface area (TPSA) is 57.2 Å². The van der Waals surface area contributed by atoms with Crippen LogP contribution in [-0.2, 0) is 9.53 Å². The van der Waals surface area contributed by atoms with Gasteiger partial charge in [0, 0.05) is 46.0 Å². The normalized spacial score (nSPS) is 17.3. The van der Waals surface area contributed by atoms with Gasteiger partial charge in [0.25, 0.3) is 0 Å². The molecule has 1 aliphatic rings. The number of nitrogens with zero attached hydrogens (tertiary/aromatic N) is 3. The third-order valence-electron chi connectivity index (χ3n) is 4.48. The number of benzene rings is 1. The molecule has 1 aromatic carbocycles. The molecule has 1 atom stereocenters. The first-order chi connectivity index (χ1) is 12.2. The Balaban J connectivity index is 0.00000338. The van der Waals surface area contributed by atoms with Crippen molar-refractivity contribution in [1.29, 1.82) is 0 Å². The summed E-state index contributed by atoms with van der Waals surface area (Å²) >= 11 is 0. The molecule has 26 heavy (non-hydrogen) atoms. The van der Waals surface area contributed by atoms with Gasteiger partial charge in [0.1, 0.15) is 0 Å². The molecule has 2 rings (SSSR count). The van der Waals surface area contributed by atoms with Crippen LogP contribution in [0.2, 0.25) is 0 Å². The van der Waals surface area contributed by atoms with Gasteiger partial charge in [-0.2, -0.15) is 0 Å². The lowest BCUT2D eigenvalue weighted by Crippen LogP contribution is -2.49. The number of hydrogen-bond donors (Lipinski definition) is 1. The van der Waals surface area contributed by atoms with Crippen molar-refractivity contribution in [1.82, 2.24) is 10.2 Å². The van der Waals surface area contributed by atoms with Gasteiger partial charge in [-0.25, -0.2) is 0 Å². The molecule has 1 unspecified atom stereocenters. The third kappa shape index (κ3) is 6.66. The number of piperidine rings is 1. The minimum atomic E-state index is -0.0912. The van der Waals surface area contributed by atoms with Crippen LogP contribution in [0.25, 0.3) is 0 Å². The van der Waals surface area contributed by atoms with Gasteiger partial charge in [0.05, 0.1) is 12.5 Å². The van der Waals surface area contributed by atoms with Crippen LogP contribution in [0.4, 0.5) is 5.69 Å². The second-order valence-electron chi connectivity index (χ2n) is 6.27. The lowest BCUT2D eigenvalue weighted by atomic mass is 9.98. The van der Waals surface area contributed by atoms with Crippen LogP contribution in [-0.4, -0.2) is 63.7 Å². The number of halogens is 1. The lowest BCUT2D eigenvalue weighted by Gasteiger charge is -2.34. The van der Waals surface area contributed by atoms with Gasteiger partial charge < -0.3 is 19.9 Å². The minimum Gasteiger partial charge on any atom is -0.466 e. The van der Waals surface area contributed by atoms with Gasteiger partial charge in [-0.15, -0.1) is 24.0 Å². The Labute approximate surface area is 174 Å². The lowest BCUT2D eigenvalue weighted by molar-refractivity contribution is -0.149. The molecule has 7 heteroatoms. The molecule has 146 valence electrons. The van der Waals surface area contributed by atoms with Crippen LogP contribution in [0.5, 0.6) is 0 Å². The number of nitrogens with one attached hydrogen (secondary N) is 1. The SMILES string of the molecule is CCOC(=O)C1CCCN(C(=NC)NCCN(C)c2ccccc2)C1.I. The number of hydrogen-bond acceptors (Lipinski definition) is 4. The second kappa shape index (κ2) is 12.0. The van der Waals surface area contributed by atoms with Crippen molar-refractivity contribution in [3.63, 3.8) is 0 Å². The van der Waals surface area contributed by atoms with Crippen molar-refractivity contribution in [2.24, 2.45) is 10.9 Å². The highest BCUT2D eigenvalue weighted by atomic mass is 127. The van der Waals surface area contributed by atoms with E-state index in [4.69, 9.17) is 4.74 Å². The van der Waals surface area contributed by atoms with Crippen LogP contribution in [0.1, 0.15) is 19.8 Å². The number of likely N-dealkylation sites (tertiary alicyclic amines) is 1. The van der Waals surface area contributed by atoms with E-state index in [0.717, 1.165) is 38.4 Å². The number of anilines is 1. The summed E-state index contributed by atoms with van der Waals surface area (Å²) in [5.41, 5.74) is 1.19. The van der Waals surface area contributed by atoms with E-state index in [9.17, 15) is 4.79 Å². The van der Waals surface area contributed by atoms with Crippen molar-refractivity contribution in [2.75, 3.05) is 51.8 Å². The van der Waals surface area contributed by atoms with E-state index >= 15 is 0 Å². The fourth-order valence-electron chi connectivity index (χ4n) is 3.10. The predicted molar refractivity (Wildman–Crippen MR) is 117 cm³/mol. The Bertz CT molecular complexity index is 568. The van der Waals surface area contributed by atoms with E-state index < -0.39 is 0 Å². The summed E-state index contributed by atoms with van der Waals surface area (Å²) in [5, 5.41) is 3.41. The number of para-hydroxylation sites is 1. The summed E-state index contributed by atoms with van der Waals surface area (Å²) in [7, 11) is 3.87. The molecule has 0 bridgehead atoms. The number of guanidine groups is 1.